The van der Waals surface area contributed by atoms with Gasteiger partial charge in [-0.2, -0.15) is 0 Å². The normalized spacial score (nSPS) is 11.9. The van der Waals surface area contributed by atoms with E-state index in [0.29, 0.717) is 18.7 Å². The first-order valence-electron chi connectivity index (χ1n) is 5.06. The number of aromatic nitrogens is 1. The van der Waals surface area contributed by atoms with Crippen LogP contribution in [0.5, 0.6) is 0 Å². The Morgan fingerprint density at radius 2 is 2.38 bits per heavy atom. The van der Waals surface area contributed by atoms with Crippen LogP contribution in [0, 0.1) is 0 Å². The molecule has 1 aromatic rings. The Hall–Kier alpha value is -1.16. The van der Waals surface area contributed by atoms with Gasteiger partial charge in [-0.05, 0) is 30.0 Å². The highest BCUT2D eigenvalue weighted by Crippen LogP contribution is 2.25. The van der Waals surface area contributed by atoms with Crippen LogP contribution in [-0.2, 0) is 9.53 Å². The van der Waals surface area contributed by atoms with Crippen LogP contribution in [0.2, 0.25) is 0 Å². The number of allylic oxidation sites excluding steroid dienone is 1. The van der Waals surface area contributed by atoms with Crippen molar-refractivity contribution >= 4 is 21.9 Å². The van der Waals surface area contributed by atoms with Crippen molar-refractivity contribution in [2.45, 2.75) is 19.3 Å². The number of hydrogen-bond acceptors (Lipinski definition) is 3. The van der Waals surface area contributed by atoms with Crippen LogP contribution in [0.4, 0.5) is 0 Å². The second-order valence-corrected chi connectivity index (χ2v) is 4.40. The summed E-state index contributed by atoms with van der Waals surface area (Å²) in [5.74, 6) is -0.644. The average Bonchev–Trinajstić information content (AvgIpc) is 2.27. The van der Waals surface area contributed by atoms with Crippen LogP contribution in [0.3, 0.4) is 0 Å². The molecular formula is C12H14BrNO2. The standard InChI is InChI=1S/C12H14BrNO2/c1-3-16-12(15)10(8-9(2)13)11-6-4-5-7-14-11/h4-7,10H,2-3,8H2,1H3. The molecule has 0 amide bonds. The first-order chi connectivity index (χ1) is 7.65. The Morgan fingerprint density at radius 1 is 1.62 bits per heavy atom. The molecule has 0 aliphatic carbocycles. The highest BCUT2D eigenvalue weighted by atomic mass is 79.9. The fraction of sp³-hybridized carbons (Fsp3) is 0.333. The molecule has 0 spiro atoms. The summed E-state index contributed by atoms with van der Waals surface area (Å²) < 4.78 is 5.78. The summed E-state index contributed by atoms with van der Waals surface area (Å²) in [5.41, 5.74) is 0.710. The van der Waals surface area contributed by atoms with Crippen LogP contribution in [-0.4, -0.2) is 17.6 Å². The summed E-state index contributed by atoms with van der Waals surface area (Å²) in [6.45, 7) is 5.90. The number of pyridine rings is 1. The minimum Gasteiger partial charge on any atom is -0.465 e. The minimum absolute atomic E-state index is 0.262. The van der Waals surface area contributed by atoms with Gasteiger partial charge in [0.25, 0.3) is 0 Å². The molecular weight excluding hydrogens is 270 g/mol. The van der Waals surface area contributed by atoms with E-state index in [1.807, 2.05) is 18.2 Å². The predicted octanol–water partition coefficient (Wildman–Crippen LogP) is 3.03. The maximum absolute atomic E-state index is 11.8. The van der Waals surface area contributed by atoms with Gasteiger partial charge < -0.3 is 4.74 Å². The zero-order valence-electron chi connectivity index (χ0n) is 9.15. The molecule has 16 heavy (non-hydrogen) atoms. The van der Waals surface area contributed by atoms with E-state index in [4.69, 9.17) is 4.74 Å². The number of nitrogens with zero attached hydrogens (tertiary/aromatic N) is 1. The van der Waals surface area contributed by atoms with Crippen molar-refractivity contribution in [3.8, 4) is 0 Å². The minimum atomic E-state index is -0.381. The lowest BCUT2D eigenvalue weighted by Gasteiger charge is -2.14. The van der Waals surface area contributed by atoms with E-state index in [1.54, 1.807) is 13.1 Å². The van der Waals surface area contributed by atoms with Gasteiger partial charge in [0.1, 0.15) is 5.92 Å². The Morgan fingerprint density at radius 3 is 2.88 bits per heavy atom. The number of carbonyl (C=O) groups is 1. The fourth-order valence-electron chi connectivity index (χ4n) is 1.36. The Kier molecular flexibility index (Phi) is 5.19. The van der Waals surface area contributed by atoms with E-state index in [2.05, 4.69) is 27.5 Å². The molecule has 1 heterocycles. The van der Waals surface area contributed by atoms with Crippen molar-refractivity contribution < 1.29 is 9.53 Å². The van der Waals surface area contributed by atoms with Crippen LogP contribution in [0.25, 0.3) is 0 Å². The summed E-state index contributed by atoms with van der Waals surface area (Å²) in [7, 11) is 0. The lowest BCUT2D eigenvalue weighted by atomic mass is 10.0. The van der Waals surface area contributed by atoms with Crippen LogP contribution < -0.4 is 0 Å². The zero-order chi connectivity index (χ0) is 12.0. The summed E-state index contributed by atoms with van der Waals surface area (Å²) >= 11 is 3.26. The molecule has 0 bridgehead atoms. The summed E-state index contributed by atoms with van der Waals surface area (Å²) in [6, 6.07) is 5.48. The first kappa shape index (κ1) is 12.9. The monoisotopic (exact) mass is 283 g/mol. The number of ether oxygens (including phenoxy) is 1. The van der Waals surface area contributed by atoms with Crippen molar-refractivity contribution in [3.63, 3.8) is 0 Å². The predicted molar refractivity (Wildman–Crippen MR) is 66.3 cm³/mol. The Balaban J connectivity index is 2.87. The molecule has 4 heteroatoms. The van der Waals surface area contributed by atoms with E-state index in [0.717, 1.165) is 4.48 Å². The van der Waals surface area contributed by atoms with Crippen molar-refractivity contribution in [2.75, 3.05) is 6.61 Å². The third kappa shape index (κ3) is 3.77. The molecule has 1 atom stereocenters. The van der Waals surface area contributed by atoms with Gasteiger partial charge in [-0.3, -0.25) is 9.78 Å². The molecule has 86 valence electrons. The zero-order valence-corrected chi connectivity index (χ0v) is 10.7. The third-order valence-electron chi connectivity index (χ3n) is 2.04. The molecule has 0 saturated heterocycles. The smallest absolute Gasteiger partial charge is 0.315 e. The number of hydrogen-bond donors (Lipinski definition) is 0. The average molecular weight is 284 g/mol. The van der Waals surface area contributed by atoms with E-state index in [-0.39, 0.29) is 11.9 Å². The van der Waals surface area contributed by atoms with Gasteiger partial charge in [-0.25, -0.2) is 0 Å². The molecule has 1 rings (SSSR count). The highest BCUT2D eigenvalue weighted by Gasteiger charge is 2.23. The molecule has 1 unspecified atom stereocenters. The fourth-order valence-corrected chi connectivity index (χ4v) is 1.68. The molecule has 0 aliphatic heterocycles. The second kappa shape index (κ2) is 6.43. The number of esters is 1. The van der Waals surface area contributed by atoms with Gasteiger partial charge >= 0.3 is 5.97 Å². The van der Waals surface area contributed by atoms with Gasteiger partial charge in [-0.1, -0.05) is 28.6 Å². The molecule has 0 aliphatic rings. The van der Waals surface area contributed by atoms with Crippen LogP contribution >= 0.6 is 15.9 Å². The van der Waals surface area contributed by atoms with Crippen LogP contribution in [0.15, 0.2) is 35.5 Å². The van der Waals surface area contributed by atoms with Gasteiger partial charge in [0, 0.05) is 6.20 Å². The van der Waals surface area contributed by atoms with Crippen molar-refractivity contribution in [2.24, 2.45) is 0 Å². The third-order valence-corrected chi connectivity index (χ3v) is 2.37. The maximum Gasteiger partial charge on any atom is 0.315 e. The number of halogens is 1. The summed E-state index contributed by atoms with van der Waals surface area (Å²) in [4.78, 5) is 15.9. The van der Waals surface area contributed by atoms with Crippen LogP contribution in [0.1, 0.15) is 25.0 Å². The van der Waals surface area contributed by atoms with Crippen molar-refractivity contribution in [1.29, 1.82) is 0 Å². The quantitative estimate of drug-likeness (QED) is 0.780. The van der Waals surface area contributed by atoms with E-state index in [9.17, 15) is 4.79 Å². The molecule has 0 fully saturated rings. The Labute approximate surface area is 104 Å². The number of carbonyl (C=O) groups excluding carboxylic acids is 1. The van der Waals surface area contributed by atoms with E-state index >= 15 is 0 Å². The lowest BCUT2D eigenvalue weighted by molar-refractivity contribution is -0.145. The van der Waals surface area contributed by atoms with E-state index < -0.39 is 0 Å². The van der Waals surface area contributed by atoms with E-state index in [1.165, 1.54) is 0 Å². The maximum atomic E-state index is 11.8. The SMILES string of the molecule is C=C(Br)CC(C(=O)OCC)c1ccccn1. The summed E-state index contributed by atoms with van der Waals surface area (Å²) in [5, 5.41) is 0. The topological polar surface area (TPSA) is 39.2 Å². The molecule has 3 nitrogen and oxygen atoms in total. The van der Waals surface area contributed by atoms with Gasteiger partial charge in [0.15, 0.2) is 0 Å². The lowest BCUT2D eigenvalue weighted by Crippen LogP contribution is -2.17. The summed E-state index contributed by atoms with van der Waals surface area (Å²) in [6.07, 6.45) is 2.16. The first-order valence-corrected chi connectivity index (χ1v) is 5.85. The highest BCUT2D eigenvalue weighted by molar-refractivity contribution is 9.11. The molecule has 0 saturated carbocycles. The van der Waals surface area contributed by atoms with Gasteiger partial charge in [-0.15, -0.1) is 0 Å². The van der Waals surface area contributed by atoms with Gasteiger partial charge in [0.05, 0.1) is 12.3 Å². The number of rotatable bonds is 5. The molecule has 0 N–H and O–H groups in total. The van der Waals surface area contributed by atoms with Gasteiger partial charge in [0.2, 0.25) is 0 Å². The molecule has 0 aromatic carbocycles. The van der Waals surface area contributed by atoms with Crippen molar-refractivity contribution in [3.05, 3.63) is 41.2 Å². The second-order valence-electron chi connectivity index (χ2n) is 3.28. The molecule has 1 aromatic heterocycles. The Bertz CT molecular complexity index is 365. The largest absolute Gasteiger partial charge is 0.465 e. The van der Waals surface area contributed by atoms with Crippen molar-refractivity contribution in [1.82, 2.24) is 4.98 Å². The molecule has 0 radical (unpaired) electrons.